The van der Waals surface area contributed by atoms with Crippen LogP contribution in [0.15, 0.2) is 18.2 Å². The van der Waals surface area contributed by atoms with Crippen LogP contribution in [0.4, 0.5) is 0 Å². The smallest absolute Gasteiger partial charge is 0.335 e. The molecule has 0 aromatic heterocycles. The molecule has 0 bridgehead atoms. The molecule has 0 aliphatic heterocycles. The van der Waals surface area contributed by atoms with Crippen LogP contribution in [0.2, 0.25) is 0 Å². The number of carboxylic acids is 1. The van der Waals surface area contributed by atoms with E-state index < -0.39 is 5.97 Å². The van der Waals surface area contributed by atoms with Gasteiger partial charge in [-0.25, -0.2) is 4.79 Å². The first-order chi connectivity index (χ1) is 8.39. The Bertz CT molecular complexity index is 424. The van der Waals surface area contributed by atoms with Crippen LogP contribution in [0.5, 0.6) is 5.75 Å². The van der Waals surface area contributed by atoms with Gasteiger partial charge in [-0.3, -0.25) is 0 Å². The number of ether oxygens (including phenoxy) is 2. The van der Waals surface area contributed by atoms with Crippen molar-refractivity contribution < 1.29 is 19.4 Å². The molecule has 0 fully saturated rings. The lowest BCUT2D eigenvalue weighted by Crippen LogP contribution is -2.22. The first kappa shape index (κ1) is 14.5. The molecular weight excluding hydrogens is 232 g/mol. The molecule has 1 aromatic carbocycles. The maximum Gasteiger partial charge on any atom is 0.335 e. The van der Waals surface area contributed by atoms with Gasteiger partial charge in [0.25, 0.3) is 0 Å². The Morgan fingerprint density at radius 3 is 2.56 bits per heavy atom. The number of hydrogen-bond acceptors (Lipinski definition) is 3. The summed E-state index contributed by atoms with van der Waals surface area (Å²) in [7, 11) is 1.56. The van der Waals surface area contributed by atoms with Crippen molar-refractivity contribution in [2.75, 3.05) is 7.11 Å². The molecule has 0 spiro atoms. The number of hydrogen-bond donors (Lipinski definition) is 1. The topological polar surface area (TPSA) is 55.8 Å². The predicted octanol–water partition coefficient (Wildman–Crippen LogP) is 3.10. The third-order valence-corrected chi connectivity index (χ3v) is 3.00. The number of rotatable bonds is 6. The molecule has 0 amide bonds. The van der Waals surface area contributed by atoms with Crippen molar-refractivity contribution in [1.29, 1.82) is 0 Å². The molecule has 1 N–H and O–H groups in total. The van der Waals surface area contributed by atoms with Gasteiger partial charge in [0, 0.05) is 5.56 Å². The lowest BCUT2D eigenvalue weighted by Gasteiger charge is -2.24. The highest BCUT2D eigenvalue weighted by Crippen LogP contribution is 2.24. The van der Waals surface area contributed by atoms with Gasteiger partial charge in [0.15, 0.2) is 0 Å². The Morgan fingerprint density at radius 2 is 2.06 bits per heavy atom. The van der Waals surface area contributed by atoms with Crippen LogP contribution in [0.25, 0.3) is 0 Å². The van der Waals surface area contributed by atoms with Crippen LogP contribution < -0.4 is 4.74 Å². The molecule has 1 rings (SSSR count). The molecule has 4 nitrogen and oxygen atoms in total. The lowest BCUT2D eigenvalue weighted by atomic mass is 10.1. The van der Waals surface area contributed by atoms with Gasteiger partial charge >= 0.3 is 5.97 Å². The van der Waals surface area contributed by atoms with E-state index in [1.165, 1.54) is 6.07 Å². The second-order valence-corrected chi connectivity index (χ2v) is 4.73. The number of carboxylic acid groups (broad SMARTS) is 1. The minimum Gasteiger partial charge on any atom is -0.496 e. The van der Waals surface area contributed by atoms with E-state index in [0.29, 0.717) is 12.4 Å². The highest BCUT2D eigenvalue weighted by molar-refractivity contribution is 5.88. The third-order valence-electron chi connectivity index (χ3n) is 3.00. The van der Waals surface area contributed by atoms with Gasteiger partial charge in [0.2, 0.25) is 0 Å². The van der Waals surface area contributed by atoms with Crippen molar-refractivity contribution in [2.45, 2.75) is 39.4 Å². The zero-order valence-electron chi connectivity index (χ0n) is 11.3. The summed E-state index contributed by atoms with van der Waals surface area (Å²) in [5.74, 6) is -0.305. The lowest BCUT2D eigenvalue weighted by molar-refractivity contribution is -0.0322. The van der Waals surface area contributed by atoms with E-state index >= 15 is 0 Å². The largest absolute Gasteiger partial charge is 0.496 e. The van der Waals surface area contributed by atoms with Crippen molar-refractivity contribution in [1.82, 2.24) is 0 Å². The summed E-state index contributed by atoms with van der Waals surface area (Å²) in [5.41, 5.74) is 0.757. The molecule has 4 heteroatoms. The quantitative estimate of drug-likeness (QED) is 0.845. The van der Waals surface area contributed by atoms with Crippen molar-refractivity contribution in [3.05, 3.63) is 29.3 Å². The first-order valence-corrected chi connectivity index (χ1v) is 5.94. The zero-order chi connectivity index (χ0) is 13.8. The van der Waals surface area contributed by atoms with Gasteiger partial charge in [-0.15, -0.1) is 0 Å². The van der Waals surface area contributed by atoms with Gasteiger partial charge in [-0.2, -0.15) is 0 Å². The van der Waals surface area contributed by atoms with Gasteiger partial charge in [-0.1, -0.05) is 6.92 Å². The second-order valence-electron chi connectivity index (χ2n) is 4.73. The predicted molar refractivity (Wildman–Crippen MR) is 69.1 cm³/mol. The highest BCUT2D eigenvalue weighted by Gasteiger charge is 2.17. The Balaban J connectivity index is 2.91. The van der Waals surface area contributed by atoms with Gasteiger partial charge in [0.1, 0.15) is 5.75 Å². The Hall–Kier alpha value is -1.55. The summed E-state index contributed by atoms with van der Waals surface area (Å²) < 4.78 is 11.0. The van der Waals surface area contributed by atoms with Crippen molar-refractivity contribution in [3.8, 4) is 5.75 Å². The van der Waals surface area contributed by atoms with E-state index in [-0.39, 0.29) is 11.2 Å². The maximum absolute atomic E-state index is 10.9. The van der Waals surface area contributed by atoms with E-state index in [4.69, 9.17) is 14.6 Å². The number of carbonyl (C=O) groups is 1. The Labute approximate surface area is 108 Å². The van der Waals surface area contributed by atoms with E-state index in [1.54, 1.807) is 19.2 Å². The summed E-state index contributed by atoms with van der Waals surface area (Å²) in [6.07, 6.45) is 0.883. The van der Waals surface area contributed by atoms with Crippen molar-refractivity contribution in [3.63, 3.8) is 0 Å². The van der Waals surface area contributed by atoms with Crippen molar-refractivity contribution >= 4 is 5.97 Å². The van der Waals surface area contributed by atoms with Crippen molar-refractivity contribution in [2.24, 2.45) is 0 Å². The molecule has 0 unspecified atom stereocenters. The molecule has 0 saturated carbocycles. The summed E-state index contributed by atoms with van der Waals surface area (Å²) in [5, 5.41) is 8.97. The highest BCUT2D eigenvalue weighted by atomic mass is 16.5. The van der Waals surface area contributed by atoms with Crippen LogP contribution in [0, 0.1) is 0 Å². The minimum atomic E-state index is -0.950. The molecule has 0 aliphatic rings. The fourth-order valence-corrected chi connectivity index (χ4v) is 1.40. The zero-order valence-corrected chi connectivity index (χ0v) is 11.3. The van der Waals surface area contributed by atoms with Crippen LogP contribution in [0.3, 0.4) is 0 Å². The average Bonchev–Trinajstić information content (AvgIpc) is 2.36. The summed E-state index contributed by atoms with van der Waals surface area (Å²) in [6.45, 7) is 6.39. The monoisotopic (exact) mass is 252 g/mol. The number of aromatic carboxylic acids is 1. The Kier molecular flexibility index (Phi) is 4.73. The fraction of sp³-hybridized carbons (Fsp3) is 0.500. The third kappa shape index (κ3) is 3.74. The Morgan fingerprint density at radius 1 is 1.39 bits per heavy atom. The van der Waals surface area contributed by atoms with E-state index in [0.717, 1.165) is 12.0 Å². The summed E-state index contributed by atoms with van der Waals surface area (Å²) >= 11 is 0. The normalized spacial score (nSPS) is 11.3. The van der Waals surface area contributed by atoms with Gasteiger partial charge in [0.05, 0.1) is 24.9 Å². The van der Waals surface area contributed by atoms with E-state index in [1.807, 2.05) is 20.8 Å². The maximum atomic E-state index is 10.9. The van der Waals surface area contributed by atoms with Crippen LogP contribution >= 0.6 is 0 Å². The average molecular weight is 252 g/mol. The fourth-order valence-electron chi connectivity index (χ4n) is 1.40. The van der Waals surface area contributed by atoms with E-state index in [2.05, 4.69) is 0 Å². The standard InChI is InChI=1S/C14H20O4/c1-5-14(2,3)18-9-11-8-10(13(15)16)6-7-12(11)17-4/h6-8H,5,9H2,1-4H3,(H,15,16). The molecule has 1 aromatic rings. The minimum absolute atomic E-state index is 0.232. The number of methoxy groups -OCH3 is 1. The SMILES string of the molecule is CCC(C)(C)OCc1cc(C(=O)O)ccc1OC. The molecule has 0 saturated heterocycles. The van der Waals surface area contributed by atoms with E-state index in [9.17, 15) is 4.79 Å². The molecule has 100 valence electrons. The second kappa shape index (κ2) is 5.87. The molecule has 0 heterocycles. The van der Waals surface area contributed by atoms with Crippen LogP contribution in [-0.4, -0.2) is 23.8 Å². The van der Waals surface area contributed by atoms with Gasteiger partial charge < -0.3 is 14.6 Å². The summed E-state index contributed by atoms with van der Waals surface area (Å²) in [4.78, 5) is 10.9. The van der Waals surface area contributed by atoms with Crippen LogP contribution in [-0.2, 0) is 11.3 Å². The molecule has 0 radical (unpaired) electrons. The summed E-state index contributed by atoms with van der Waals surface area (Å²) in [6, 6.07) is 4.77. The molecule has 0 atom stereocenters. The molecule has 0 aliphatic carbocycles. The van der Waals surface area contributed by atoms with Crippen LogP contribution in [0.1, 0.15) is 43.1 Å². The number of benzene rings is 1. The molecular formula is C14H20O4. The van der Waals surface area contributed by atoms with Gasteiger partial charge in [-0.05, 0) is 38.5 Å². The molecule has 18 heavy (non-hydrogen) atoms. The first-order valence-electron chi connectivity index (χ1n) is 5.94.